The van der Waals surface area contributed by atoms with Gasteiger partial charge in [0, 0.05) is 5.92 Å². The Hall–Kier alpha value is -0.780. The summed E-state index contributed by atoms with van der Waals surface area (Å²) in [4.78, 5) is 0. The Labute approximate surface area is 61.9 Å². The van der Waals surface area contributed by atoms with Gasteiger partial charge in [-0.2, -0.15) is 0 Å². The summed E-state index contributed by atoms with van der Waals surface area (Å²) in [6, 6.07) is 0. The Kier molecular flexibility index (Phi) is 1.10. The first-order chi connectivity index (χ1) is 4.79. The maximum Gasteiger partial charge on any atom is 0.00289 e. The third-order valence-electron chi connectivity index (χ3n) is 2.40. The quantitative estimate of drug-likeness (QED) is 0.475. The smallest absolute Gasteiger partial charge is 0.00289 e. The zero-order valence-electron chi connectivity index (χ0n) is 6.52. The van der Waals surface area contributed by atoms with E-state index in [0.717, 1.165) is 5.92 Å². The Balaban J connectivity index is 2.25. The van der Waals surface area contributed by atoms with Gasteiger partial charge in [0.15, 0.2) is 0 Å². The van der Waals surface area contributed by atoms with Crippen LogP contribution in [-0.4, -0.2) is 0 Å². The number of allylic oxidation sites excluding steroid dienone is 6. The molecular weight excluding hydrogens is 120 g/mol. The summed E-state index contributed by atoms with van der Waals surface area (Å²) in [6.45, 7) is 4.49. The van der Waals surface area contributed by atoms with Crippen LogP contribution in [0.15, 0.2) is 34.9 Å². The predicted molar refractivity (Wildman–Crippen MR) is 43.7 cm³/mol. The van der Waals surface area contributed by atoms with Crippen LogP contribution in [0.25, 0.3) is 0 Å². The molecule has 0 aliphatic heterocycles. The second-order valence-electron chi connectivity index (χ2n) is 3.25. The van der Waals surface area contributed by atoms with Gasteiger partial charge in [0.05, 0.1) is 0 Å². The van der Waals surface area contributed by atoms with Crippen molar-refractivity contribution < 1.29 is 0 Å². The second-order valence-corrected chi connectivity index (χ2v) is 3.25. The third kappa shape index (κ3) is 0.756. The molecule has 0 amide bonds. The molecule has 0 fully saturated rings. The van der Waals surface area contributed by atoms with Gasteiger partial charge in [0.25, 0.3) is 0 Å². The van der Waals surface area contributed by atoms with E-state index in [2.05, 4.69) is 32.1 Å². The van der Waals surface area contributed by atoms with E-state index in [1.54, 1.807) is 11.1 Å². The average Bonchev–Trinajstić information content (AvgIpc) is 2.52. The lowest BCUT2D eigenvalue weighted by Gasteiger charge is -1.94. The number of hydrogen-bond acceptors (Lipinski definition) is 0. The van der Waals surface area contributed by atoms with Crippen molar-refractivity contribution in [3.63, 3.8) is 0 Å². The SMILES string of the molecule is CC1=CC=CC2=C(C1)C2C. The molecule has 10 heavy (non-hydrogen) atoms. The maximum absolute atomic E-state index is 2.29. The zero-order valence-corrected chi connectivity index (χ0v) is 6.52. The standard InChI is InChI=1S/C10H12/c1-7-4-3-5-9-8(2)10(9)6-7/h3-5,8H,6H2,1-2H3. The van der Waals surface area contributed by atoms with Crippen LogP contribution in [-0.2, 0) is 0 Å². The highest BCUT2D eigenvalue weighted by atomic mass is 14.3. The van der Waals surface area contributed by atoms with Crippen molar-refractivity contribution in [2.24, 2.45) is 5.92 Å². The van der Waals surface area contributed by atoms with Crippen molar-refractivity contribution in [3.8, 4) is 0 Å². The largest absolute Gasteiger partial charge is 0.0692 e. The molecular formula is C10H12. The van der Waals surface area contributed by atoms with Crippen LogP contribution < -0.4 is 0 Å². The van der Waals surface area contributed by atoms with E-state index in [1.165, 1.54) is 12.0 Å². The summed E-state index contributed by atoms with van der Waals surface area (Å²) in [6.07, 6.45) is 7.83. The van der Waals surface area contributed by atoms with Gasteiger partial charge in [-0.3, -0.25) is 0 Å². The zero-order chi connectivity index (χ0) is 7.14. The van der Waals surface area contributed by atoms with Gasteiger partial charge >= 0.3 is 0 Å². The molecule has 0 saturated heterocycles. The summed E-state index contributed by atoms with van der Waals surface area (Å²) in [5.74, 6) is 0.792. The van der Waals surface area contributed by atoms with E-state index >= 15 is 0 Å². The van der Waals surface area contributed by atoms with Crippen LogP contribution >= 0.6 is 0 Å². The molecule has 0 aromatic rings. The van der Waals surface area contributed by atoms with E-state index < -0.39 is 0 Å². The molecule has 2 rings (SSSR count). The average molecular weight is 132 g/mol. The first-order valence-corrected chi connectivity index (χ1v) is 3.86. The van der Waals surface area contributed by atoms with Crippen molar-refractivity contribution >= 4 is 0 Å². The lowest BCUT2D eigenvalue weighted by atomic mass is 10.1. The third-order valence-corrected chi connectivity index (χ3v) is 2.40. The van der Waals surface area contributed by atoms with Crippen molar-refractivity contribution in [3.05, 3.63) is 34.9 Å². The fraction of sp³-hybridized carbons (Fsp3) is 0.400. The highest BCUT2D eigenvalue weighted by Crippen LogP contribution is 2.44. The Bertz CT molecular complexity index is 251. The molecule has 0 saturated carbocycles. The lowest BCUT2D eigenvalue weighted by molar-refractivity contribution is 0.957. The molecule has 1 atom stereocenters. The van der Waals surface area contributed by atoms with Gasteiger partial charge in [-0.15, -0.1) is 0 Å². The fourth-order valence-corrected chi connectivity index (χ4v) is 1.60. The van der Waals surface area contributed by atoms with Crippen LogP contribution in [0.3, 0.4) is 0 Å². The van der Waals surface area contributed by atoms with Gasteiger partial charge in [0.2, 0.25) is 0 Å². The molecule has 0 N–H and O–H groups in total. The molecule has 0 nitrogen and oxygen atoms in total. The summed E-state index contributed by atoms with van der Waals surface area (Å²) in [7, 11) is 0. The van der Waals surface area contributed by atoms with E-state index in [4.69, 9.17) is 0 Å². The first kappa shape index (κ1) is 5.96. The van der Waals surface area contributed by atoms with Gasteiger partial charge in [0.1, 0.15) is 0 Å². The fourth-order valence-electron chi connectivity index (χ4n) is 1.60. The normalized spacial score (nSPS) is 29.4. The molecule has 2 aliphatic rings. The monoisotopic (exact) mass is 132 g/mol. The summed E-state index contributed by atoms with van der Waals surface area (Å²) >= 11 is 0. The van der Waals surface area contributed by atoms with Gasteiger partial charge in [-0.25, -0.2) is 0 Å². The van der Waals surface area contributed by atoms with Crippen LogP contribution in [0.4, 0.5) is 0 Å². The van der Waals surface area contributed by atoms with Gasteiger partial charge in [-0.05, 0) is 18.9 Å². The lowest BCUT2D eigenvalue weighted by Crippen LogP contribution is -1.78. The molecule has 0 heterocycles. The van der Waals surface area contributed by atoms with Crippen molar-refractivity contribution in [2.75, 3.05) is 0 Å². The number of rotatable bonds is 0. The summed E-state index contributed by atoms with van der Waals surface area (Å²) < 4.78 is 0. The Morgan fingerprint density at radius 3 is 3.10 bits per heavy atom. The van der Waals surface area contributed by atoms with Crippen LogP contribution in [0.5, 0.6) is 0 Å². The minimum absolute atomic E-state index is 0.792. The second kappa shape index (κ2) is 1.85. The van der Waals surface area contributed by atoms with Crippen molar-refractivity contribution in [2.45, 2.75) is 20.3 Å². The summed E-state index contributed by atoms with van der Waals surface area (Å²) in [5, 5.41) is 0. The van der Waals surface area contributed by atoms with Crippen molar-refractivity contribution in [1.82, 2.24) is 0 Å². The van der Waals surface area contributed by atoms with Crippen LogP contribution in [0, 0.1) is 5.92 Å². The molecule has 1 unspecified atom stereocenters. The highest BCUT2D eigenvalue weighted by molar-refractivity contribution is 5.52. The first-order valence-electron chi connectivity index (χ1n) is 3.86. The molecule has 0 bridgehead atoms. The number of hydrogen-bond donors (Lipinski definition) is 0. The maximum atomic E-state index is 2.29. The van der Waals surface area contributed by atoms with Crippen LogP contribution in [0.1, 0.15) is 20.3 Å². The Morgan fingerprint density at radius 1 is 1.50 bits per heavy atom. The van der Waals surface area contributed by atoms with E-state index in [0.29, 0.717) is 0 Å². The minimum Gasteiger partial charge on any atom is -0.0692 e. The van der Waals surface area contributed by atoms with Crippen LogP contribution in [0.2, 0.25) is 0 Å². The predicted octanol–water partition coefficient (Wildman–Crippen LogP) is 2.84. The van der Waals surface area contributed by atoms with Crippen molar-refractivity contribution in [1.29, 1.82) is 0 Å². The minimum atomic E-state index is 0.792. The molecule has 0 spiro atoms. The van der Waals surface area contributed by atoms with E-state index in [9.17, 15) is 0 Å². The molecule has 0 aromatic heterocycles. The summed E-state index contributed by atoms with van der Waals surface area (Å²) in [5.41, 5.74) is 4.72. The molecule has 0 radical (unpaired) electrons. The molecule has 0 heteroatoms. The molecule has 2 aliphatic carbocycles. The van der Waals surface area contributed by atoms with Gasteiger partial charge in [-0.1, -0.05) is 36.3 Å². The molecule has 0 aromatic carbocycles. The highest BCUT2D eigenvalue weighted by Gasteiger charge is 2.29. The van der Waals surface area contributed by atoms with Gasteiger partial charge < -0.3 is 0 Å². The molecule has 52 valence electrons. The topological polar surface area (TPSA) is 0 Å². The van der Waals surface area contributed by atoms with E-state index in [1.807, 2.05) is 0 Å². The van der Waals surface area contributed by atoms with E-state index in [-0.39, 0.29) is 0 Å². The Morgan fingerprint density at radius 2 is 2.30 bits per heavy atom.